The van der Waals surface area contributed by atoms with Gasteiger partial charge in [-0.25, -0.2) is 4.39 Å². The van der Waals surface area contributed by atoms with Gasteiger partial charge in [0.1, 0.15) is 5.82 Å². The van der Waals surface area contributed by atoms with Gasteiger partial charge in [0.15, 0.2) is 0 Å². The number of nitrogens with zero attached hydrogens (tertiary/aromatic N) is 1. The molecule has 20 heavy (non-hydrogen) atoms. The van der Waals surface area contributed by atoms with E-state index in [0.717, 1.165) is 31.2 Å². The second kappa shape index (κ2) is 5.54. The van der Waals surface area contributed by atoms with Crippen molar-refractivity contribution in [1.82, 2.24) is 5.32 Å². The van der Waals surface area contributed by atoms with E-state index in [1.165, 1.54) is 0 Å². The number of non-ortho nitro benzene ring substituents is 1. The number of hydrogen-bond donors (Lipinski definition) is 2. The zero-order valence-electron chi connectivity index (χ0n) is 11.1. The molecule has 1 unspecified atom stereocenters. The molecule has 1 aliphatic rings. The molecular weight excluding hydrogens is 265 g/mol. The first-order valence-electron chi connectivity index (χ1n) is 6.49. The summed E-state index contributed by atoms with van der Waals surface area (Å²) in [5.74, 6) is -1.04. The van der Waals surface area contributed by atoms with Crippen LogP contribution in [-0.2, 0) is 4.79 Å². The van der Waals surface area contributed by atoms with Gasteiger partial charge in [-0.2, -0.15) is 0 Å². The van der Waals surface area contributed by atoms with Crippen molar-refractivity contribution in [3.05, 3.63) is 34.1 Å². The molecule has 1 aliphatic heterocycles. The molecule has 1 saturated heterocycles. The molecule has 7 heteroatoms. The number of halogens is 1. The topological polar surface area (TPSA) is 84.3 Å². The van der Waals surface area contributed by atoms with E-state index >= 15 is 0 Å². The van der Waals surface area contributed by atoms with Crippen LogP contribution in [0.25, 0.3) is 0 Å². The van der Waals surface area contributed by atoms with E-state index in [0.29, 0.717) is 12.8 Å². The minimum Gasteiger partial charge on any atom is -0.322 e. The van der Waals surface area contributed by atoms with Gasteiger partial charge in [0.25, 0.3) is 5.69 Å². The van der Waals surface area contributed by atoms with Crippen molar-refractivity contribution in [3.8, 4) is 0 Å². The molecular formula is C13H16FN3O3. The number of carbonyl (C=O) groups excluding carboxylic acids is 1. The van der Waals surface area contributed by atoms with E-state index in [1.54, 1.807) is 0 Å². The molecule has 6 nitrogen and oxygen atoms in total. The summed E-state index contributed by atoms with van der Waals surface area (Å²) < 4.78 is 13.7. The van der Waals surface area contributed by atoms with Crippen LogP contribution in [0.15, 0.2) is 18.2 Å². The predicted octanol–water partition coefficient (Wildman–Crippen LogP) is 2.20. The number of nitro benzene ring substituents is 1. The molecule has 1 aromatic rings. The largest absolute Gasteiger partial charge is 0.322 e. The molecule has 0 aliphatic carbocycles. The molecule has 1 aromatic carbocycles. The monoisotopic (exact) mass is 281 g/mol. The molecule has 108 valence electrons. The van der Waals surface area contributed by atoms with Crippen molar-refractivity contribution >= 4 is 17.3 Å². The Bertz CT molecular complexity index is 542. The lowest BCUT2D eigenvalue weighted by Gasteiger charge is -2.26. The Morgan fingerprint density at radius 1 is 1.60 bits per heavy atom. The summed E-state index contributed by atoms with van der Waals surface area (Å²) in [5.41, 5.74) is -1.13. The van der Waals surface area contributed by atoms with Crippen molar-refractivity contribution in [1.29, 1.82) is 0 Å². The maximum absolute atomic E-state index is 13.7. The van der Waals surface area contributed by atoms with E-state index in [1.807, 2.05) is 6.92 Å². The highest BCUT2D eigenvalue weighted by Gasteiger charge is 2.39. The van der Waals surface area contributed by atoms with Crippen LogP contribution in [0.4, 0.5) is 15.8 Å². The molecule has 2 N–H and O–H groups in total. The van der Waals surface area contributed by atoms with Crippen molar-refractivity contribution in [3.63, 3.8) is 0 Å². The van der Waals surface area contributed by atoms with Crippen molar-refractivity contribution in [2.45, 2.75) is 31.7 Å². The maximum Gasteiger partial charge on any atom is 0.271 e. The quantitative estimate of drug-likeness (QED) is 0.654. The molecule has 1 atom stereocenters. The van der Waals surface area contributed by atoms with Gasteiger partial charge in [-0.3, -0.25) is 14.9 Å². The van der Waals surface area contributed by atoms with Gasteiger partial charge in [-0.15, -0.1) is 0 Å². The third kappa shape index (κ3) is 2.62. The zero-order chi connectivity index (χ0) is 14.8. The highest BCUT2D eigenvalue weighted by Crippen LogP contribution is 2.27. The lowest BCUT2D eigenvalue weighted by atomic mass is 9.93. The van der Waals surface area contributed by atoms with Gasteiger partial charge < -0.3 is 10.6 Å². The normalized spacial score (nSPS) is 21.7. The summed E-state index contributed by atoms with van der Waals surface area (Å²) >= 11 is 0. The van der Waals surface area contributed by atoms with Crippen molar-refractivity contribution in [2.24, 2.45) is 0 Å². The SMILES string of the molecule is CCC1(C(=O)Nc2cc([N+](=O)[O-])ccc2F)CCCN1. The van der Waals surface area contributed by atoms with E-state index in [4.69, 9.17) is 0 Å². The Balaban J connectivity index is 2.23. The number of nitrogens with one attached hydrogen (secondary N) is 2. The minimum absolute atomic E-state index is 0.161. The fourth-order valence-corrected chi connectivity index (χ4v) is 2.43. The van der Waals surface area contributed by atoms with Crippen molar-refractivity contribution in [2.75, 3.05) is 11.9 Å². The number of rotatable bonds is 4. The Labute approximate surface area is 115 Å². The summed E-state index contributed by atoms with van der Waals surface area (Å²) in [6.45, 7) is 2.61. The Morgan fingerprint density at radius 2 is 2.35 bits per heavy atom. The molecule has 0 spiro atoms. The molecule has 1 heterocycles. The lowest BCUT2D eigenvalue weighted by molar-refractivity contribution is -0.384. The van der Waals surface area contributed by atoms with E-state index < -0.39 is 16.3 Å². The van der Waals surface area contributed by atoms with Gasteiger partial charge in [-0.05, 0) is 31.9 Å². The molecule has 2 rings (SSSR count). The second-order valence-electron chi connectivity index (χ2n) is 4.84. The van der Waals surface area contributed by atoms with Crippen LogP contribution in [0.2, 0.25) is 0 Å². The Hall–Kier alpha value is -2.02. The third-order valence-electron chi connectivity index (χ3n) is 3.69. The fraction of sp³-hybridized carbons (Fsp3) is 0.462. The molecule has 1 amide bonds. The molecule has 1 fully saturated rings. The number of anilines is 1. The van der Waals surface area contributed by atoms with Crippen LogP contribution in [0.3, 0.4) is 0 Å². The lowest BCUT2D eigenvalue weighted by Crippen LogP contribution is -2.50. The van der Waals surface area contributed by atoms with Gasteiger partial charge in [0, 0.05) is 12.1 Å². The zero-order valence-corrected chi connectivity index (χ0v) is 11.1. The van der Waals surface area contributed by atoms with Crippen LogP contribution < -0.4 is 10.6 Å². The summed E-state index contributed by atoms with van der Waals surface area (Å²) in [6, 6.07) is 3.08. The van der Waals surface area contributed by atoms with Crippen LogP contribution in [0.5, 0.6) is 0 Å². The standard InChI is InChI=1S/C13H16FN3O3/c1-2-13(6-3-7-15-13)12(18)16-11-8-9(17(19)20)4-5-10(11)14/h4-5,8,15H,2-3,6-7H2,1H3,(H,16,18). The van der Waals surface area contributed by atoms with Crippen LogP contribution >= 0.6 is 0 Å². The summed E-state index contributed by atoms with van der Waals surface area (Å²) in [5, 5.41) is 16.3. The second-order valence-corrected chi connectivity index (χ2v) is 4.84. The number of nitro groups is 1. The van der Waals surface area contributed by atoms with Gasteiger partial charge in [0.05, 0.1) is 16.1 Å². The molecule has 0 radical (unpaired) electrons. The van der Waals surface area contributed by atoms with E-state index in [-0.39, 0.29) is 17.3 Å². The fourth-order valence-electron chi connectivity index (χ4n) is 2.43. The Morgan fingerprint density at radius 3 is 2.90 bits per heavy atom. The molecule has 0 aromatic heterocycles. The summed E-state index contributed by atoms with van der Waals surface area (Å²) in [4.78, 5) is 22.3. The number of benzene rings is 1. The number of hydrogen-bond acceptors (Lipinski definition) is 4. The van der Waals surface area contributed by atoms with Crippen LogP contribution in [0.1, 0.15) is 26.2 Å². The highest BCUT2D eigenvalue weighted by molar-refractivity contribution is 5.98. The van der Waals surface area contributed by atoms with Crippen molar-refractivity contribution < 1.29 is 14.1 Å². The third-order valence-corrected chi connectivity index (χ3v) is 3.69. The average molecular weight is 281 g/mol. The first-order valence-corrected chi connectivity index (χ1v) is 6.49. The summed E-state index contributed by atoms with van der Waals surface area (Å²) in [7, 11) is 0. The van der Waals surface area contributed by atoms with Gasteiger partial charge in [0.2, 0.25) is 5.91 Å². The van der Waals surface area contributed by atoms with Gasteiger partial charge >= 0.3 is 0 Å². The van der Waals surface area contributed by atoms with Crippen LogP contribution in [-0.4, -0.2) is 22.9 Å². The first kappa shape index (κ1) is 14.4. The predicted molar refractivity (Wildman–Crippen MR) is 71.9 cm³/mol. The average Bonchev–Trinajstić information content (AvgIpc) is 2.91. The maximum atomic E-state index is 13.7. The number of carbonyl (C=O) groups is 1. The Kier molecular flexibility index (Phi) is 3.99. The van der Waals surface area contributed by atoms with E-state index in [2.05, 4.69) is 10.6 Å². The smallest absolute Gasteiger partial charge is 0.271 e. The van der Waals surface area contributed by atoms with E-state index in [9.17, 15) is 19.3 Å². The molecule has 0 saturated carbocycles. The first-order chi connectivity index (χ1) is 9.48. The summed E-state index contributed by atoms with van der Waals surface area (Å²) in [6.07, 6.45) is 2.12. The van der Waals surface area contributed by atoms with Gasteiger partial charge in [-0.1, -0.05) is 6.92 Å². The number of amides is 1. The highest BCUT2D eigenvalue weighted by atomic mass is 19.1. The molecule has 0 bridgehead atoms. The van der Waals surface area contributed by atoms with Crippen LogP contribution in [0, 0.1) is 15.9 Å². The minimum atomic E-state index is -0.711.